The lowest BCUT2D eigenvalue weighted by molar-refractivity contribution is -0.127. The molecule has 2 aliphatic rings. The summed E-state index contributed by atoms with van der Waals surface area (Å²) in [6, 6.07) is 0.405. The quantitative estimate of drug-likeness (QED) is 0.455. The van der Waals surface area contributed by atoms with Crippen molar-refractivity contribution >= 4 is 5.91 Å². The Morgan fingerprint density at radius 2 is 2.31 bits per heavy atom. The van der Waals surface area contributed by atoms with Gasteiger partial charge in [0.15, 0.2) is 0 Å². The smallest absolute Gasteiger partial charge is 0.234 e. The van der Waals surface area contributed by atoms with Crippen LogP contribution in [-0.2, 0) is 4.79 Å². The zero-order chi connectivity index (χ0) is 9.26. The van der Waals surface area contributed by atoms with Crippen molar-refractivity contribution in [2.75, 3.05) is 32.8 Å². The number of piperazine rings is 1. The number of hydrogen-bond acceptors (Lipinski definition) is 4. The maximum atomic E-state index is 11.2. The largest absolute Gasteiger partial charge is 0.394 e. The van der Waals surface area contributed by atoms with Gasteiger partial charge in [-0.05, 0) is 0 Å². The van der Waals surface area contributed by atoms with E-state index in [1.165, 1.54) is 0 Å². The summed E-state index contributed by atoms with van der Waals surface area (Å²) >= 11 is 0. The number of amides is 1. The Morgan fingerprint density at radius 1 is 1.54 bits per heavy atom. The van der Waals surface area contributed by atoms with Gasteiger partial charge in [-0.3, -0.25) is 9.69 Å². The fourth-order valence-electron chi connectivity index (χ4n) is 1.76. The third-order valence-electron chi connectivity index (χ3n) is 2.66. The summed E-state index contributed by atoms with van der Waals surface area (Å²) in [4.78, 5) is 13.3. The third-order valence-corrected chi connectivity index (χ3v) is 2.66. The molecular weight excluding hydrogens is 170 g/mol. The number of aliphatic hydroxyl groups excluding tert-OH is 1. The predicted octanol–water partition coefficient (Wildman–Crippen LogP) is -2.25. The average molecular weight is 185 g/mol. The van der Waals surface area contributed by atoms with Crippen molar-refractivity contribution in [2.45, 2.75) is 12.1 Å². The molecule has 2 fully saturated rings. The maximum Gasteiger partial charge on any atom is 0.234 e. The van der Waals surface area contributed by atoms with Crippen LogP contribution in [0.3, 0.4) is 0 Å². The first-order valence-corrected chi connectivity index (χ1v) is 4.64. The number of rotatable bonds is 2. The number of aliphatic hydroxyl groups is 1. The number of carbonyl (C=O) groups is 1. The molecule has 5 nitrogen and oxygen atoms in total. The molecule has 5 heteroatoms. The number of nitrogens with one attached hydrogen (secondary N) is 2. The lowest BCUT2D eigenvalue weighted by Gasteiger charge is -2.42. The van der Waals surface area contributed by atoms with Crippen LogP contribution in [0.1, 0.15) is 0 Å². The topological polar surface area (TPSA) is 64.6 Å². The van der Waals surface area contributed by atoms with Crippen molar-refractivity contribution in [3.8, 4) is 0 Å². The standard InChI is InChI=1S/C8H15N3O2/c12-5-6-3-11(4-8(13)10-6)7-1-9-2-7/h6-7,9,12H,1-5H2,(H,10,13)/t6-/m0/s1. The molecule has 0 unspecified atom stereocenters. The van der Waals surface area contributed by atoms with Crippen LogP contribution in [0.2, 0.25) is 0 Å². The van der Waals surface area contributed by atoms with Gasteiger partial charge in [-0.1, -0.05) is 0 Å². The van der Waals surface area contributed by atoms with Crippen LogP contribution in [0.25, 0.3) is 0 Å². The minimum Gasteiger partial charge on any atom is -0.394 e. The first-order valence-electron chi connectivity index (χ1n) is 4.64. The Bertz CT molecular complexity index is 206. The van der Waals surface area contributed by atoms with E-state index in [4.69, 9.17) is 5.11 Å². The molecule has 2 saturated heterocycles. The van der Waals surface area contributed by atoms with E-state index >= 15 is 0 Å². The first kappa shape index (κ1) is 8.93. The molecule has 0 saturated carbocycles. The summed E-state index contributed by atoms with van der Waals surface area (Å²) in [6.07, 6.45) is 0. The highest BCUT2D eigenvalue weighted by molar-refractivity contribution is 5.79. The van der Waals surface area contributed by atoms with Crippen LogP contribution in [0.4, 0.5) is 0 Å². The Kier molecular flexibility index (Phi) is 2.48. The molecule has 0 aliphatic carbocycles. The maximum absolute atomic E-state index is 11.2. The lowest BCUT2D eigenvalue weighted by atomic mass is 10.1. The van der Waals surface area contributed by atoms with E-state index in [0.29, 0.717) is 12.6 Å². The highest BCUT2D eigenvalue weighted by Crippen LogP contribution is 2.08. The molecule has 0 spiro atoms. The Labute approximate surface area is 77.1 Å². The van der Waals surface area contributed by atoms with Crippen LogP contribution in [0, 0.1) is 0 Å². The SMILES string of the molecule is O=C1CN(C2CNC2)C[C@@H](CO)N1. The average Bonchev–Trinajstić information content (AvgIpc) is 2.00. The molecule has 2 rings (SSSR count). The molecule has 0 radical (unpaired) electrons. The normalized spacial score (nSPS) is 31.2. The predicted molar refractivity (Wildman–Crippen MR) is 47.2 cm³/mol. The Balaban J connectivity index is 1.91. The second kappa shape index (κ2) is 3.61. The van der Waals surface area contributed by atoms with Crippen molar-refractivity contribution in [3.63, 3.8) is 0 Å². The van der Waals surface area contributed by atoms with Crippen LogP contribution in [0.5, 0.6) is 0 Å². The monoisotopic (exact) mass is 185 g/mol. The van der Waals surface area contributed by atoms with Gasteiger partial charge >= 0.3 is 0 Å². The van der Waals surface area contributed by atoms with Gasteiger partial charge in [0.1, 0.15) is 0 Å². The fourth-order valence-corrected chi connectivity index (χ4v) is 1.76. The van der Waals surface area contributed by atoms with Gasteiger partial charge in [0, 0.05) is 25.7 Å². The lowest BCUT2D eigenvalue weighted by Crippen LogP contribution is -2.65. The first-order chi connectivity index (χ1) is 6.29. The molecule has 1 amide bonds. The summed E-state index contributed by atoms with van der Waals surface area (Å²) in [5.74, 6) is 0.0252. The molecule has 2 heterocycles. The van der Waals surface area contributed by atoms with Gasteiger partial charge in [-0.15, -0.1) is 0 Å². The molecule has 13 heavy (non-hydrogen) atoms. The van der Waals surface area contributed by atoms with E-state index in [-0.39, 0.29) is 18.6 Å². The van der Waals surface area contributed by atoms with E-state index in [2.05, 4.69) is 15.5 Å². The Hall–Kier alpha value is -0.650. The third kappa shape index (κ3) is 1.82. The molecule has 0 aromatic rings. The zero-order valence-corrected chi connectivity index (χ0v) is 7.49. The molecule has 0 aromatic heterocycles. The van der Waals surface area contributed by atoms with Crippen LogP contribution >= 0.6 is 0 Å². The highest BCUT2D eigenvalue weighted by Gasteiger charge is 2.31. The number of hydrogen-bond donors (Lipinski definition) is 3. The van der Waals surface area contributed by atoms with Crippen molar-refractivity contribution in [2.24, 2.45) is 0 Å². The summed E-state index contributed by atoms with van der Waals surface area (Å²) < 4.78 is 0. The second-order valence-corrected chi connectivity index (χ2v) is 3.69. The van der Waals surface area contributed by atoms with E-state index in [0.717, 1.165) is 19.6 Å². The molecule has 3 N–H and O–H groups in total. The molecule has 74 valence electrons. The summed E-state index contributed by atoms with van der Waals surface area (Å²) in [6.45, 7) is 3.21. The summed E-state index contributed by atoms with van der Waals surface area (Å²) in [7, 11) is 0. The number of carbonyl (C=O) groups excluding carboxylic acids is 1. The van der Waals surface area contributed by atoms with Crippen LogP contribution in [-0.4, -0.2) is 60.8 Å². The van der Waals surface area contributed by atoms with Gasteiger partial charge in [0.05, 0.1) is 19.2 Å². The van der Waals surface area contributed by atoms with Crippen molar-refractivity contribution in [1.29, 1.82) is 0 Å². The minimum absolute atomic E-state index is 0.0252. The fraction of sp³-hybridized carbons (Fsp3) is 0.875. The van der Waals surface area contributed by atoms with Gasteiger partial charge in [-0.2, -0.15) is 0 Å². The molecular formula is C8H15N3O2. The van der Waals surface area contributed by atoms with Crippen molar-refractivity contribution in [1.82, 2.24) is 15.5 Å². The van der Waals surface area contributed by atoms with Gasteiger partial charge < -0.3 is 15.7 Å². The highest BCUT2D eigenvalue weighted by atomic mass is 16.3. The molecule has 2 aliphatic heterocycles. The van der Waals surface area contributed by atoms with Gasteiger partial charge in [0.25, 0.3) is 0 Å². The molecule has 0 aromatic carbocycles. The van der Waals surface area contributed by atoms with Crippen molar-refractivity contribution in [3.05, 3.63) is 0 Å². The van der Waals surface area contributed by atoms with Crippen molar-refractivity contribution < 1.29 is 9.90 Å². The van der Waals surface area contributed by atoms with Gasteiger partial charge in [-0.25, -0.2) is 0 Å². The number of nitrogens with zero attached hydrogens (tertiary/aromatic N) is 1. The molecule has 0 bridgehead atoms. The molecule has 1 atom stereocenters. The minimum atomic E-state index is -0.0816. The van der Waals surface area contributed by atoms with Crippen LogP contribution < -0.4 is 10.6 Å². The van der Waals surface area contributed by atoms with E-state index in [1.807, 2.05) is 0 Å². The van der Waals surface area contributed by atoms with Gasteiger partial charge in [0.2, 0.25) is 5.91 Å². The second-order valence-electron chi connectivity index (χ2n) is 3.69. The van der Waals surface area contributed by atoms with Crippen LogP contribution in [0.15, 0.2) is 0 Å². The van der Waals surface area contributed by atoms with E-state index < -0.39 is 0 Å². The van der Waals surface area contributed by atoms with E-state index in [9.17, 15) is 4.79 Å². The Morgan fingerprint density at radius 3 is 2.85 bits per heavy atom. The summed E-state index contributed by atoms with van der Waals surface area (Å²) in [5.41, 5.74) is 0. The van der Waals surface area contributed by atoms with E-state index in [1.54, 1.807) is 0 Å². The zero-order valence-electron chi connectivity index (χ0n) is 7.49. The summed E-state index contributed by atoms with van der Waals surface area (Å²) in [5, 5.41) is 14.9.